The molecule has 2 fully saturated rings. The Morgan fingerprint density at radius 3 is 2.42 bits per heavy atom. The number of nitrogens with zero attached hydrogens (tertiary/aromatic N) is 6. The lowest BCUT2D eigenvalue weighted by atomic mass is 9.85. The fraction of sp³-hybridized carbons (Fsp3) is 0.529. The highest BCUT2D eigenvalue weighted by atomic mass is 32.1. The van der Waals surface area contributed by atoms with E-state index in [9.17, 15) is 29.1 Å². The minimum absolute atomic E-state index is 0.0100. The normalized spacial score (nSPS) is 18.6. The molecule has 71 heavy (non-hydrogen) atoms. The summed E-state index contributed by atoms with van der Waals surface area (Å²) in [5.74, 6) is 0.141. The van der Waals surface area contributed by atoms with E-state index in [4.69, 9.17) is 14.5 Å². The van der Waals surface area contributed by atoms with Gasteiger partial charge in [0.1, 0.15) is 29.6 Å². The molecule has 2 aliphatic heterocycles. The van der Waals surface area contributed by atoms with E-state index in [0.29, 0.717) is 54.8 Å². The van der Waals surface area contributed by atoms with Gasteiger partial charge in [-0.25, -0.2) is 9.97 Å². The molecular weight excluding hydrogens is 927 g/mol. The fourth-order valence-corrected chi connectivity index (χ4v) is 10.2. The number of nitrogens with one attached hydrogen (secondary N) is 5. The number of aryl methyl sites for hydroxylation is 1. The number of hydrogen-bond donors (Lipinski definition) is 6. The highest BCUT2D eigenvalue weighted by molar-refractivity contribution is 7.13. The van der Waals surface area contributed by atoms with Crippen molar-refractivity contribution in [2.45, 2.75) is 116 Å². The fourth-order valence-electron chi connectivity index (χ4n) is 9.43. The second kappa shape index (κ2) is 23.8. The summed E-state index contributed by atoms with van der Waals surface area (Å²) in [4.78, 5) is 87.1. The number of hydrogen-bond acceptors (Lipinski definition) is 15. The van der Waals surface area contributed by atoms with Gasteiger partial charge in [-0.1, -0.05) is 64.8 Å². The maximum atomic E-state index is 14.0. The van der Waals surface area contributed by atoms with Crippen molar-refractivity contribution in [2.24, 2.45) is 5.41 Å². The molecule has 4 atom stereocenters. The summed E-state index contributed by atoms with van der Waals surface area (Å²) in [5.41, 5.74) is 5.68. The molecule has 382 valence electrons. The van der Waals surface area contributed by atoms with Crippen LogP contribution in [0.3, 0.4) is 0 Å². The van der Waals surface area contributed by atoms with Gasteiger partial charge in [-0.2, -0.15) is 4.98 Å². The van der Waals surface area contributed by atoms with Crippen molar-refractivity contribution >= 4 is 64.0 Å². The molecule has 0 spiro atoms. The van der Waals surface area contributed by atoms with E-state index >= 15 is 0 Å². The molecule has 19 nitrogen and oxygen atoms in total. The Labute approximate surface area is 419 Å². The van der Waals surface area contributed by atoms with Crippen molar-refractivity contribution < 1.29 is 38.6 Å². The quantitative estimate of drug-likeness (QED) is 0.0622. The van der Waals surface area contributed by atoms with Gasteiger partial charge in [-0.05, 0) is 60.9 Å². The molecule has 2 aromatic carbocycles. The number of likely N-dealkylation sites (tertiary alicyclic amines) is 1. The number of aliphatic hydroxyl groups excluding tert-OH is 1. The molecule has 1 saturated carbocycles. The standard InChI is InChI=1S/C51H69N11O8S/c1-8-38-48(67)60(6)40-28-55-50(59-45(40)62(38)35-11-9-10-12-35)57-37-18-17-34(25-41(37)69-7)46(65)53-22-24-70-23-21-52-20-19-42(64)58-44(51(3,4)5)49(68)61-29-36(63)26-39(61)47(66)54-27-32-13-15-33(16-14-32)43-31(2)56-30-71-43/h13-18,25,28,30,35-36,38-39,44,52,63H,8-12,19-24,26-27,29H2,1-7H3,(H,53,65)(H,54,66)(H,58,64)(H,55,57,59)/t36-,38-,39+,44-/m1/s1. The van der Waals surface area contributed by atoms with Gasteiger partial charge in [0.25, 0.3) is 5.91 Å². The Balaban J connectivity index is 0.810. The minimum atomic E-state index is -0.930. The molecule has 0 bridgehead atoms. The van der Waals surface area contributed by atoms with Crippen molar-refractivity contribution in [1.82, 2.24) is 41.1 Å². The number of benzene rings is 2. The molecule has 0 radical (unpaired) electrons. The average molecular weight is 996 g/mol. The zero-order valence-electron chi connectivity index (χ0n) is 41.9. The predicted molar refractivity (Wildman–Crippen MR) is 273 cm³/mol. The van der Waals surface area contributed by atoms with E-state index in [1.165, 1.54) is 12.0 Å². The highest BCUT2D eigenvalue weighted by Gasteiger charge is 2.45. The van der Waals surface area contributed by atoms with E-state index in [1.807, 2.05) is 64.4 Å². The lowest BCUT2D eigenvalue weighted by Crippen LogP contribution is -2.57. The Kier molecular flexibility index (Phi) is 17.6. The van der Waals surface area contributed by atoms with Crippen LogP contribution in [0.15, 0.2) is 54.2 Å². The van der Waals surface area contributed by atoms with Crippen molar-refractivity contribution in [3.63, 3.8) is 0 Å². The third-order valence-electron chi connectivity index (χ3n) is 13.3. The van der Waals surface area contributed by atoms with Gasteiger partial charge in [0, 0.05) is 64.2 Å². The number of amides is 5. The summed E-state index contributed by atoms with van der Waals surface area (Å²) in [5, 5.41) is 25.7. The van der Waals surface area contributed by atoms with Gasteiger partial charge in [-0.3, -0.25) is 24.0 Å². The van der Waals surface area contributed by atoms with Crippen LogP contribution in [0.4, 0.5) is 23.1 Å². The molecule has 2 aromatic heterocycles. The highest BCUT2D eigenvalue weighted by Crippen LogP contribution is 2.40. The van der Waals surface area contributed by atoms with Gasteiger partial charge in [0.2, 0.25) is 29.6 Å². The SMILES string of the molecule is CC[C@@H]1C(=O)N(C)c2cnc(Nc3ccc(C(=O)NCCOCCNCCC(=O)N[C@H](C(=O)N4C[C@H](O)C[C@H]4C(=O)NCc4ccc(-c5scnc5C)cc4)C(C)(C)C)cc3OC)nc2N1C1CCCC1. The van der Waals surface area contributed by atoms with Gasteiger partial charge in [-0.15, -0.1) is 11.3 Å². The number of aliphatic hydroxyl groups is 1. The molecule has 1 saturated heterocycles. The van der Waals surface area contributed by atoms with Crippen LogP contribution in [0, 0.1) is 12.3 Å². The topological polar surface area (TPSA) is 233 Å². The van der Waals surface area contributed by atoms with Crippen LogP contribution in [0.2, 0.25) is 0 Å². The molecule has 5 amide bonds. The molecule has 3 aliphatic rings. The number of ether oxygens (including phenoxy) is 2. The summed E-state index contributed by atoms with van der Waals surface area (Å²) >= 11 is 1.57. The van der Waals surface area contributed by atoms with Crippen LogP contribution < -0.4 is 41.1 Å². The number of carbonyl (C=O) groups is 5. The molecule has 7 rings (SSSR count). The van der Waals surface area contributed by atoms with Crippen LogP contribution in [0.5, 0.6) is 5.75 Å². The molecular formula is C51H69N11O8S. The summed E-state index contributed by atoms with van der Waals surface area (Å²) < 4.78 is 11.4. The third-order valence-corrected chi connectivity index (χ3v) is 14.3. The number of likely N-dealkylation sites (N-methyl/N-ethyl adjacent to an activating group) is 1. The maximum absolute atomic E-state index is 14.0. The Morgan fingerprint density at radius 2 is 1.73 bits per heavy atom. The first kappa shape index (κ1) is 52.6. The van der Waals surface area contributed by atoms with E-state index in [2.05, 4.69) is 41.5 Å². The van der Waals surface area contributed by atoms with E-state index in [-0.39, 0.29) is 74.8 Å². The van der Waals surface area contributed by atoms with E-state index in [0.717, 1.165) is 53.2 Å². The van der Waals surface area contributed by atoms with Crippen LogP contribution in [0.1, 0.15) is 94.3 Å². The first-order chi connectivity index (χ1) is 34.1. The largest absolute Gasteiger partial charge is 0.495 e. The summed E-state index contributed by atoms with van der Waals surface area (Å²) in [7, 11) is 3.29. The maximum Gasteiger partial charge on any atom is 0.251 e. The lowest BCUT2D eigenvalue weighted by Gasteiger charge is -2.43. The van der Waals surface area contributed by atoms with E-state index < -0.39 is 29.5 Å². The summed E-state index contributed by atoms with van der Waals surface area (Å²) in [6.45, 7) is 11.4. The van der Waals surface area contributed by atoms with Crippen LogP contribution in [0.25, 0.3) is 10.4 Å². The van der Waals surface area contributed by atoms with Crippen LogP contribution in [-0.2, 0) is 30.5 Å². The van der Waals surface area contributed by atoms with Gasteiger partial charge < -0.3 is 55.9 Å². The van der Waals surface area contributed by atoms with Crippen molar-refractivity contribution in [3.8, 4) is 16.2 Å². The smallest absolute Gasteiger partial charge is 0.251 e. The zero-order chi connectivity index (χ0) is 50.8. The molecule has 1 aliphatic carbocycles. The number of anilines is 4. The number of thiazole rings is 1. The molecule has 20 heteroatoms. The Bertz CT molecular complexity index is 2510. The van der Waals surface area contributed by atoms with Crippen molar-refractivity contribution in [2.75, 3.05) is 68.7 Å². The zero-order valence-corrected chi connectivity index (χ0v) is 42.7. The van der Waals surface area contributed by atoms with Crippen LogP contribution in [-0.4, -0.2) is 138 Å². The number of methoxy groups -OCH3 is 1. The monoisotopic (exact) mass is 996 g/mol. The summed E-state index contributed by atoms with van der Waals surface area (Å²) in [6, 6.07) is 11.1. The van der Waals surface area contributed by atoms with Crippen molar-refractivity contribution in [3.05, 3.63) is 71.0 Å². The number of fused-ring (bicyclic) bond motifs is 1. The number of aromatic nitrogens is 3. The van der Waals surface area contributed by atoms with Crippen molar-refractivity contribution in [1.29, 1.82) is 0 Å². The van der Waals surface area contributed by atoms with Gasteiger partial charge in [0.15, 0.2) is 5.82 Å². The number of carbonyl (C=O) groups excluding carboxylic acids is 5. The van der Waals surface area contributed by atoms with Crippen LogP contribution >= 0.6 is 11.3 Å². The molecule has 4 heterocycles. The second-order valence-corrected chi connectivity index (χ2v) is 20.3. The Morgan fingerprint density at radius 1 is 0.986 bits per heavy atom. The average Bonchev–Trinajstić information content (AvgIpc) is 4.14. The minimum Gasteiger partial charge on any atom is -0.495 e. The first-order valence-electron chi connectivity index (χ1n) is 24.6. The number of β-amino-alcohol motifs (C(OH)–C–C–N with tert-alkyl or cyclic N) is 1. The second-order valence-electron chi connectivity index (χ2n) is 19.4. The third kappa shape index (κ3) is 12.8. The number of rotatable bonds is 21. The van der Waals surface area contributed by atoms with E-state index in [1.54, 1.807) is 47.7 Å². The lowest BCUT2D eigenvalue weighted by molar-refractivity contribution is -0.144. The van der Waals surface area contributed by atoms with Gasteiger partial charge >= 0.3 is 0 Å². The first-order valence-corrected chi connectivity index (χ1v) is 25.5. The van der Waals surface area contributed by atoms with Gasteiger partial charge in [0.05, 0.1) is 54.4 Å². The molecule has 6 N–H and O–H groups in total. The molecule has 4 aromatic rings. The molecule has 0 unspecified atom stereocenters. The summed E-state index contributed by atoms with van der Waals surface area (Å²) in [6.07, 6.45) is 5.95. The Hall–Kier alpha value is -6.22. The predicted octanol–water partition coefficient (Wildman–Crippen LogP) is 4.70.